The molecule has 1 aliphatic heterocycles. The molecule has 1 atom stereocenters. The van der Waals surface area contributed by atoms with E-state index in [9.17, 15) is 13.2 Å². The third kappa shape index (κ3) is 4.50. The van der Waals surface area contributed by atoms with Crippen molar-refractivity contribution < 1.29 is 13.2 Å². The lowest BCUT2D eigenvalue weighted by molar-refractivity contribution is -0.125. The van der Waals surface area contributed by atoms with Gasteiger partial charge in [0.2, 0.25) is 15.9 Å². The van der Waals surface area contributed by atoms with E-state index in [0.29, 0.717) is 19.6 Å². The average Bonchev–Trinajstić information content (AvgIpc) is 2.82. The molecule has 1 aliphatic rings. The maximum Gasteiger partial charge on any atom is 0.225 e. The van der Waals surface area contributed by atoms with E-state index in [1.54, 1.807) is 18.4 Å². The minimum Gasteiger partial charge on any atom is -0.359 e. The third-order valence-corrected chi connectivity index (χ3v) is 5.74. The highest BCUT2D eigenvalue weighted by Crippen LogP contribution is 2.17. The highest BCUT2D eigenvalue weighted by atomic mass is 32.2. The maximum atomic E-state index is 12.0. The first kappa shape index (κ1) is 16.4. The minimum absolute atomic E-state index is 0.110. The molecule has 2 rings (SSSR count). The van der Waals surface area contributed by atoms with Gasteiger partial charge in [0.1, 0.15) is 0 Å². The summed E-state index contributed by atoms with van der Waals surface area (Å²) in [6.45, 7) is 2.64. The van der Waals surface area contributed by atoms with Crippen LogP contribution in [0.1, 0.15) is 4.88 Å². The predicted octanol–water partition coefficient (Wildman–Crippen LogP) is 0.188. The Kier molecular flexibility index (Phi) is 5.37. The summed E-state index contributed by atoms with van der Waals surface area (Å²) < 4.78 is 25.0. The molecule has 1 unspecified atom stereocenters. The second-order valence-corrected chi connectivity index (χ2v) is 8.26. The van der Waals surface area contributed by atoms with Crippen LogP contribution in [0.3, 0.4) is 0 Å². The molecule has 0 bridgehead atoms. The second kappa shape index (κ2) is 6.87. The van der Waals surface area contributed by atoms with E-state index >= 15 is 0 Å². The molecule has 2 heterocycles. The lowest BCUT2D eigenvalue weighted by atomic mass is 10.1. The summed E-state index contributed by atoms with van der Waals surface area (Å²) >= 11 is 1.67. The SMILES string of the molecule is CNC(=O)C1CN(Cc2cccs2)CCN(S(C)(=O)=O)C1. The summed E-state index contributed by atoms with van der Waals surface area (Å²) in [4.78, 5) is 15.4. The summed E-state index contributed by atoms with van der Waals surface area (Å²) in [5.74, 6) is -0.450. The molecular formula is C13H21N3O3S2. The van der Waals surface area contributed by atoms with Crippen LogP contribution in [0.5, 0.6) is 0 Å². The number of nitrogens with zero attached hydrogens (tertiary/aromatic N) is 2. The molecule has 1 amide bonds. The van der Waals surface area contributed by atoms with Crippen LogP contribution in [0.15, 0.2) is 17.5 Å². The number of amides is 1. The largest absolute Gasteiger partial charge is 0.359 e. The number of carbonyl (C=O) groups is 1. The van der Waals surface area contributed by atoms with Gasteiger partial charge in [-0.1, -0.05) is 6.07 Å². The van der Waals surface area contributed by atoms with Crippen molar-refractivity contribution in [3.8, 4) is 0 Å². The molecule has 21 heavy (non-hydrogen) atoms. The first-order chi connectivity index (χ1) is 9.90. The Labute approximate surface area is 129 Å². The Balaban J connectivity index is 2.13. The normalized spacial score (nSPS) is 21.9. The van der Waals surface area contributed by atoms with Crippen molar-refractivity contribution in [2.24, 2.45) is 5.92 Å². The van der Waals surface area contributed by atoms with E-state index < -0.39 is 10.0 Å². The number of carbonyl (C=O) groups excluding carboxylic acids is 1. The zero-order valence-electron chi connectivity index (χ0n) is 12.3. The molecule has 1 N–H and O–H groups in total. The highest BCUT2D eigenvalue weighted by Gasteiger charge is 2.31. The molecule has 1 saturated heterocycles. The molecular weight excluding hydrogens is 310 g/mol. The van der Waals surface area contributed by atoms with Crippen molar-refractivity contribution in [1.29, 1.82) is 0 Å². The molecule has 0 spiro atoms. The van der Waals surface area contributed by atoms with Gasteiger partial charge in [-0.15, -0.1) is 11.3 Å². The molecule has 0 saturated carbocycles. The lowest BCUT2D eigenvalue weighted by Crippen LogP contribution is -2.41. The van der Waals surface area contributed by atoms with Crippen LogP contribution in [0.25, 0.3) is 0 Å². The Morgan fingerprint density at radius 1 is 1.43 bits per heavy atom. The molecule has 0 aliphatic carbocycles. The molecule has 8 heteroatoms. The number of hydrogen-bond acceptors (Lipinski definition) is 5. The molecule has 0 aromatic carbocycles. The van der Waals surface area contributed by atoms with Crippen LogP contribution < -0.4 is 5.32 Å². The van der Waals surface area contributed by atoms with Crippen LogP contribution in [-0.2, 0) is 21.4 Å². The quantitative estimate of drug-likeness (QED) is 0.855. The summed E-state index contributed by atoms with van der Waals surface area (Å²) in [5.41, 5.74) is 0. The van der Waals surface area contributed by atoms with Gasteiger partial charge in [0.15, 0.2) is 0 Å². The van der Waals surface area contributed by atoms with E-state index in [2.05, 4.69) is 16.3 Å². The zero-order chi connectivity index (χ0) is 15.5. The summed E-state index contributed by atoms with van der Waals surface area (Å²) in [5, 5.41) is 4.65. The van der Waals surface area contributed by atoms with Crippen molar-refractivity contribution >= 4 is 27.3 Å². The van der Waals surface area contributed by atoms with Gasteiger partial charge in [0.25, 0.3) is 0 Å². The summed E-state index contributed by atoms with van der Waals surface area (Å²) in [6.07, 6.45) is 1.20. The average molecular weight is 331 g/mol. The van der Waals surface area contributed by atoms with Gasteiger partial charge < -0.3 is 5.32 Å². The topological polar surface area (TPSA) is 69.7 Å². The Morgan fingerprint density at radius 3 is 2.76 bits per heavy atom. The molecule has 0 radical (unpaired) electrons. The number of nitrogens with one attached hydrogen (secondary N) is 1. The van der Waals surface area contributed by atoms with Gasteiger partial charge in [-0.2, -0.15) is 0 Å². The van der Waals surface area contributed by atoms with Gasteiger partial charge >= 0.3 is 0 Å². The fourth-order valence-electron chi connectivity index (χ4n) is 2.49. The summed E-state index contributed by atoms with van der Waals surface area (Å²) in [6, 6.07) is 4.05. The number of sulfonamides is 1. The van der Waals surface area contributed by atoms with Gasteiger partial charge in [0.05, 0.1) is 12.2 Å². The van der Waals surface area contributed by atoms with E-state index in [1.807, 2.05) is 11.4 Å². The van der Waals surface area contributed by atoms with E-state index in [4.69, 9.17) is 0 Å². The van der Waals surface area contributed by atoms with Crippen molar-refractivity contribution in [2.45, 2.75) is 6.54 Å². The highest BCUT2D eigenvalue weighted by molar-refractivity contribution is 7.88. The first-order valence-electron chi connectivity index (χ1n) is 6.81. The second-order valence-electron chi connectivity index (χ2n) is 5.25. The molecule has 118 valence electrons. The maximum absolute atomic E-state index is 12.0. The summed E-state index contributed by atoms with van der Waals surface area (Å²) in [7, 11) is -1.70. The van der Waals surface area contributed by atoms with Gasteiger partial charge in [-0.05, 0) is 11.4 Å². The van der Waals surface area contributed by atoms with E-state index in [0.717, 1.165) is 6.54 Å². The number of hydrogen-bond donors (Lipinski definition) is 1. The number of thiophene rings is 1. The smallest absolute Gasteiger partial charge is 0.225 e. The molecule has 6 nitrogen and oxygen atoms in total. The van der Waals surface area contributed by atoms with Crippen LogP contribution >= 0.6 is 11.3 Å². The molecule has 1 aromatic heterocycles. The van der Waals surface area contributed by atoms with Crippen molar-refractivity contribution in [3.63, 3.8) is 0 Å². The monoisotopic (exact) mass is 331 g/mol. The van der Waals surface area contributed by atoms with Gasteiger partial charge in [-0.3, -0.25) is 9.69 Å². The van der Waals surface area contributed by atoms with Crippen LogP contribution in [0, 0.1) is 5.92 Å². The first-order valence-corrected chi connectivity index (χ1v) is 9.54. The predicted molar refractivity (Wildman–Crippen MR) is 83.6 cm³/mol. The van der Waals surface area contributed by atoms with Crippen LogP contribution in [-0.4, -0.2) is 63.0 Å². The van der Waals surface area contributed by atoms with Crippen molar-refractivity contribution in [3.05, 3.63) is 22.4 Å². The van der Waals surface area contributed by atoms with Crippen molar-refractivity contribution in [1.82, 2.24) is 14.5 Å². The standard InChI is InChI=1S/C13H21N3O3S2/c1-14-13(17)11-8-15(10-12-4-3-7-20-12)5-6-16(9-11)21(2,18)19/h3-4,7,11H,5-6,8-10H2,1-2H3,(H,14,17). The molecule has 1 fully saturated rings. The third-order valence-electron chi connectivity index (χ3n) is 3.61. The minimum atomic E-state index is -3.28. The lowest BCUT2D eigenvalue weighted by Gasteiger charge is -2.22. The fourth-order valence-corrected chi connectivity index (χ4v) is 4.10. The van der Waals surface area contributed by atoms with E-state index in [-0.39, 0.29) is 18.4 Å². The van der Waals surface area contributed by atoms with Crippen LogP contribution in [0.2, 0.25) is 0 Å². The fraction of sp³-hybridized carbons (Fsp3) is 0.615. The Bertz CT molecular complexity index is 571. The number of rotatable bonds is 4. The van der Waals surface area contributed by atoms with Gasteiger partial charge in [0, 0.05) is 44.6 Å². The van der Waals surface area contributed by atoms with E-state index in [1.165, 1.54) is 15.4 Å². The molecule has 1 aromatic rings. The van der Waals surface area contributed by atoms with Gasteiger partial charge in [-0.25, -0.2) is 12.7 Å². The Morgan fingerprint density at radius 2 is 2.19 bits per heavy atom. The van der Waals surface area contributed by atoms with Crippen molar-refractivity contribution in [2.75, 3.05) is 39.5 Å². The van der Waals surface area contributed by atoms with Crippen LogP contribution in [0.4, 0.5) is 0 Å². The zero-order valence-corrected chi connectivity index (χ0v) is 13.9. The Hall–Kier alpha value is -0.960.